The zero-order chi connectivity index (χ0) is 7.40. The Balaban J connectivity index is 2.49. The fraction of sp³-hybridized carbons (Fsp3) is 0.200. The standard InChI is InChI=1S/C5H6N2O2S/c6-5-7-1-4(10-5)2-9-3-8/h1,3H,2H2,(H2,6,7). The third-order valence-corrected chi connectivity index (χ3v) is 1.67. The summed E-state index contributed by atoms with van der Waals surface area (Å²) in [6, 6.07) is 0. The predicted molar refractivity (Wildman–Crippen MR) is 37.4 cm³/mol. The highest BCUT2D eigenvalue weighted by atomic mass is 32.1. The van der Waals surface area contributed by atoms with Gasteiger partial charge in [-0.25, -0.2) is 4.98 Å². The third-order valence-electron chi connectivity index (χ3n) is 0.865. The normalized spacial score (nSPS) is 9.20. The van der Waals surface area contributed by atoms with Crippen LogP contribution >= 0.6 is 11.3 Å². The number of hydrogen-bond donors (Lipinski definition) is 1. The van der Waals surface area contributed by atoms with E-state index in [9.17, 15) is 4.79 Å². The second kappa shape index (κ2) is 3.17. The van der Waals surface area contributed by atoms with E-state index >= 15 is 0 Å². The van der Waals surface area contributed by atoms with Crippen molar-refractivity contribution in [1.82, 2.24) is 4.98 Å². The first-order valence-electron chi connectivity index (χ1n) is 2.58. The molecule has 0 bridgehead atoms. The highest BCUT2D eigenvalue weighted by Gasteiger charge is 1.96. The molecule has 1 aromatic heterocycles. The summed E-state index contributed by atoms with van der Waals surface area (Å²) < 4.78 is 4.47. The molecule has 0 aliphatic heterocycles. The van der Waals surface area contributed by atoms with Crippen LogP contribution in [-0.2, 0) is 16.1 Å². The topological polar surface area (TPSA) is 65.2 Å². The van der Waals surface area contributed by atoms with E-state index in [-0.39, 0.29) is 6.61 Å². The molecule has 54 valence electrons. The number of rotatable bonds is 3. The molecule has 0 saturated heterocycles. The minimum Gasteiger partial charge on any atom is -0.462 e. The fourth-order valence-electron chi connectivity index (χ4n) is 0.506. The highest BCUT2D eigenvalue weighted by molar-refractivity contribution is 7.15. The molecular weight excluding hydrogens is 152 g/mol. The Morgan fingerprint density at radius 2 is 2.70 bits per heavy atom. The number of carbonyl (C=O) groups is 1. The zero-order valence-electron chi connectivity index (χ0n) is 5.11. The number of nitrogens with zero attached hydrogens (tertiary/aromatic N) is 1. The van der Waals surface area contributed by atoms with Gasteiger partial charge in [0.1, 0.15) is 6.61 Å². The zero-order valence-corrected chi connectivity index (χ0v) is 5.93. The summed E-state index contributed by atoms with van der Waals surface area (Å²) >= 11 is 1.31. The van der Waals surface area contributed by atoms with Crippen LogP contribution in [-0.4, -0.2) is 11.5 Å². The van der Waals surface area contributed by atoms with Crippen molar-refractivity contribution in [3.8, 4) is 0 Å². The van der Waals surface area contributed by atoms with E-state index in [2.05, 4.69) is 9.72 Å². The van der Waals surface area contributed by atoms with Gasteiger partial charge in [0.25, 0.3) is 6.47 Å². The van der Waals surface area contributed by atoms with Crippen molar-refractivity contribution >= 4 is 22.9 Å². The van der Waals surface area contributed by atoms with Gasteiger partial charge >= 0.3 is 0 Å². The molecule has 1 aromatic rings. The van der Waals surface area contributed by atoms with E-state index in [0.29, 0.717) is 11.6 Å². The number of anilines is 1. The Morgan fingerprint density at radius 1 is 1.90 bits per heavy atom. The van der Waals surface area contributed by atoms with E-state index in [1.165, 1.54) is 11.3 Å². The van der Waals surface area contributed by atoms with Crippen LogP contribution in [0.2, 0.25) is 0 Å². The second-order valence-corrected chi connectivity index (χ2v) is 2.72. The highest BCUT2D eigenvalue weighted by Crippen LogP contribution is 2.14. The summed E-state index contributed by atoms with van der Waals surface area (Å²) in [6.07, 6.45) is 1.59. The molecule has 2 N–H and O–H groups in total. The number of nitrogens with two attached hydrogens (primary N) is 1. The monoisotopic (exact) mass is 158 g/mol. The van der Waals surface area contributed by atoms with Crippen molar-refractivity contribution in [3.05, 3.63) is 11.1 Å². The van der Waals surface area contributed by atoms with Crippen LogP contribution in [0.3, 0.4) is 0 Å². The summed E-state index contributed by atoms with van der Waals surface area (Å²) in [6.45, 7) is 0.661. The molecule has 0 aromatic carbocycles. The van der Waals surface area contributed by atoms with Gasteiger partial charge < -0.3 is 10.5 Å². The molecule has 0 radical (unpaired) electrons. The Kier molecular flexibility index (Phi) is 2.22. The fourth-order valence-corrected chi connectivity index (χ4v) is 1.11. The summed E-state index contributed by atoms with van der Waals surface area (Å²) in [7, 11) is 0. The number of nitrogen functional groups attached to an aromatic ring is 1. The van der Waals surface area contributed by atoms with Crippen LogP contribution < -0.4 is 5.73 Å². The Morgan fingerprint density at radius 3 is 3.20 bits per heavy atom. The van der Waals surface area contributed by atoms with Gasteiger partial charge in [-0.2, -0.15) is 0 Å². The van der Waals surface area contributed by atoms with Gasteiger partial charge in [0.15, 0.2) is 5.13 Å². The van der Waals surface area contributed by atoms with Crippen molar-refractivity contribution in [2.45, 2.75) is 6.61 Å². The van der Waals surface area contributed by atoms with Gasteiger partial charge in [0.2, 0.25) is 0 Å². The van der Waals surface area contributed by atoms with Crippen LogP contribution in [0.25, 0.3) is 0 Å². The van der Waals surface area contributed by atoms with Crippen molar-refractivity contribution in [1.29, 1.82) is 0 Å². The number of carbonyl (C=O) groups excluding carboxylic acids is 1. The van der Waals surface area contributed by atoms with Gasteiger partial charge in [-0.1, -0.05) is 11.3 Å². The van der Waals surface area contributed by atoms with Gasteiger partial charge in [-0.3, -0.25) is 4.79 Å². The van der Waals surface area contributed by atoms with Crippen LogP contribution in [0.1, 0.15) is 4.88 Å². The quantitative estimate of drug-likeness (QED) is 0.646. The molecule has 0 spiro atoms. The van der Waals surface area contributed by atoms with E-state index in [1.54, 1.807) is 6.20 Å². The van der Waals surface area contributed by atoms with Crippen LogP contribution in [0, 0.1) is 0 Å². The van der Waals surface area contributed by atoms with Crippen molar-refractivity contribution in [3.63, 3.8) is 0 Å². The smallest absolute Gasteiger partial charge is 0.293 e. The number of ether oxygens (including phenoxy) is 1. The predicted octanol–water partition coefficient (Wildman–Crippen LogP) is 0.398. The first kappa shape index (κ1) is 7.01. The molecule has 0 saturated carbocycles. The maximum Gasteiger partial charge on any atom is 0.293 e. The van der Waals surface area contributed by atoms with E-state index in [1.807, 2.05) is 0 Å². The lowest BCUT2D eigenvalue weighted by Crippen LogP contribution is -1.84. The van der Waals surface area contributed by atoms with Crippen molar-refractivity contribution in [2.24, 2.45) is 0 Å². The maximum absolute atomic E-state index is 9.72. The average molecular weight is 158 g/mol. The van der Waals surface area contributed by atoms with E-state index in [4.69, 9.17) is 5.73 Å². The summed E-state index contributed by atoms with van der Waals surface area (Å²) in [4.78, 5) is 14.3. The van der Waals surface area contributed by atoms with Crippen molar-refractivity contribution < 1.29 is 9.53 Å². The van der Waals surface area contributed by atoms with Gasteiger partial charge in [-0.05, 0) is 0 Å². The average Bonchev–Trinajstić information content (AvgIpc) is 2.31. The van der Waals surface area contributed by atoms with Crippen molar-refractivity contribution in [2.75, 3.05) is 5.73 Å². The molecule has 0 atom stereocenters. The molecule has 10 heavy (non-hydrogen) atoms. The first-order valence-corrected chi connectivity index (χ1v) is 3.40. The summed E-state index contributed by atoms with van der Waals surface area (Å²) in [5.41, 5.74) is 5.31. The molecule has 0 aliphatic rings. The third kappa shape index (κ3) is 1.70. The molecule has 5 heteroatoms. The van der Waals surface area contributed by atoms with Gasteiger partial charge in [0, 0.05) is 6.20 Å². The molecule has 1 rings (SSSR count). The maximum atomic E-state index is 9.72. The second-order valence-electron chi connectivity index (χ2n) is 1.57. The Bertz CT molecular complexity index is 223. The molecule has 4 nitrogen and oxygen atoms in total. The lowest BCUT2D eigenvalue weighted by atomic mass is 10.6. The molecule has 0 fully saturated rings. The molecular formula is C5H6N2O2S. The minimum absolute atomic E-state index is 0.262. The first-order chi connectivity index (χ1) is 4.83. The van der Waals surface area contributed by atoms with Gasteiger partial charge in [-0.15, -0.1) is 0 Å². The lowest BCUT2D eigenvalue weighted by Gasteiger charge is -1.89. The minimum atomic E-state index is 0.262. The molecule has 0 aliphatic carbocycles. The SMILES string of the molecule is Nc1ncc(COC=O)s1. The van der Waals surface area contributed by atoms with Gasteiger partial charge in [0.05, 0.1) is 4.88 Å². The number of hydrogen-bond acceptors (Lipinski definition) is 5. The molecule has 0 unspecified atom stereocenters. The Labute approximate surface area is 61.6 Å². The van der Waals surface area contributed by atoms with E-state index in [0.717, 1.165) is 4.88 Å². The Hall–Kier alpha value is -1.10. The number of thiazole rings is 1. The van der Waals surface area contributed by atoms with Crippen LogP contribution in [0.5, 0.6) is 0 Å². The van der Waals surface area contributed by atoms with Crippen LogP contribution in [0.4, 0.5) is 5.13 Å². The number of aromatic nitrogens is 1. The largest absolute Gasteiger partial charge is 0.462 e. The summed E-state index contributed by atoms with van der Waals surface area (Å²) in [5, 5.41) is 0.490. The van der Waals surface area contributed by atoms with E-state index < -0.39 is 0 Å². The molecule has 1 heterocycles. The molecule has 0 amide bonds. The summed E-state index contributed by atoms with van der Waals surface area (Å²) in [5.74, 6) is 0. The lowest BCUT2D eigenvalue weighted by molar-refractivity contribution is -0.129. The van der Waals surface area contributed by atoms with Crippen LogP contribution in [0.15, 0.2) is 6.20 Å².